The maximum atomic E-state index is 12.3. The van der Waals surface area contributed by atoms with E-state index < -0.39 is 15.7 Å². The van der Waals surface area contributed by atoms with Crippen LogP contribution in [0.25, 0.3) is 12.2 Å². The Kier molecular flexibility index (Phi) is 12.9. The van der Waals surface area contributed by atoms with Crippen molar-refractivity contribution in [2.24, 2.45) is 0 Å². The summed E-state index contributed by atoms with van der Waals surface area (Å²) >= 11 is 0. The van der Waals surface area contributed by atoms with Gasteiger partial charge >= 0.3 is 5.97 Å². The Morgan fingerprint density at radius 3 is 1.81 bits per heavy atom. The van der Waals surface area contributed by atoms with Crippen molar-refractivity contribution < 1.29 is 36.3 Å². The Balaban J connectivity index is 1.28. The highest BCUT2D eigenvalue weighted by atomic mass is 32.2. The van der Waals surface area contributed by atoms with E-state index in [1.165, 1.54) is 12.1 Å². The van der Waals surface area contributed by atoms with Crippen molar-refractivity contribution in [1.82, 2.24) is 0 Å². The van der Waals surface area contributed by atoms with Crippen LogP contribution < -0.4 is 4.74 Å². The van der Waals surface area contributed by atoms with Crippen LogP contribution in [0.3, 0.4) is 0 Å². The molecule has 0 aliphatic heterocycles. The topological polar surface area (TPSA) is 97.4 Å². The van der Waals surface area contributed by atoms with Crippen molar-refractivity contribution in [1.29, 1.82) is 0 Å². The second-order valence-corrected chi connectivity index (χ2v) is 12.6. The van der Waals surface area contributed by atoms with Gasteiger partial charge in [-0.2, -0.15) is 8.42 Å². The molecular weight excluding hydrogens is 568 g/mol. The SMILES string of the molecule is Cc1ccc(S(=O)(=O)OCCOCCOCCOc2ccc(/C=C/c3ccc(C(C)C(=O)OC(C)(C)C)cc3)cc2)cc1. The predicted molar refractivity (Wildman–Crippen MR) is 168 cm³/mol. The summed E-state index contributed by atoms with van der Waals surface area (Å²) in [5.41, 5.74) is 3.45. The lowest BCUT2D eigenvalue weighted by molar-refractivity contribution is -0.156. The van der Waals surface area contributed by atoms with E-state index in [9.17, 15) is 13.2 Å². The van der Waals surface area contributed by atoms with Crippen LogP contribution in [-0.2, 0) is 33.3 Å². The van der Waals surface area contributed by atoms with Crippen LogP contribution in [0, 0.1) is 6.92 Å². The molecular formula is C34H42O8S. The van der Waals surface area contributed by atoms with E-state index in [0.717, 1.165) is 28.0 Å². The maximum absolute atomic E-state index is 12.3. The van der Waals surface area contributed by atoms with Crippen LogP contribution in [0.5, 0.6) is 5.75 Å². The standard InChI is InChI=1S/C34H42O8S/c1-26-6-18-32(19-7-26)43(36,37)41-25-23-39-21-20-38-22-24-40-31-16-12-29(13-17-31)9-8-28-10-14-30(15-11-28)27(2)33(35)42-34(3,4)5/h6-19,27H,20-25H2,1-5H3/b9-8+. The van der Waals surface area contributed by atoms with E-state index in [1.54, 1.807) is 12.1 Å². The molecule has 1 unspecified atom stereocenters. The van der Waals surface area contributed by atoms with Gasteiger partial charge in [-0.25, -0.2) is 0 Å². The molecule has 0 aromatic heterocycles. The average molecular weight is 611 g/mol. The molecule has 9 heteroatoms. The van der Waals surface area contributed by atoms with Gasteiger partial charge in [0.2, 0.25) is 0 Å². The monoisotopic (exact) mass is 610 g/mol. The Hall–Kier alpha value is -3.50. The minimum absolute atomic E-state index is 0.0636. The molecule has 1 atom stereocenters. The van der Waals surface area contributed by atoms with Gasteiger partial charge in [0.25, 0.3) is 10.1 Å². The number of ether oxygens (including phenoxy) is 4. The first kappa shape index (κ1) is 34.0. The molecule has 43 heavy (non-hydrogen) atoms. The van der Waals surface area contributed by atoms with Gasteiger partial charge in [-0.05, 0) is 75.6 Å². The number of rotatable bonds is 16. The Morgan fingerprint density at radius 2 is 1.26 bits per heavy atom. The van der Waals surface area contributed by atoms with Gasteiger partial charge < -0.3 is 18.9 Å². The number of carbonyl (C=O) groups is 1. The fraction of sp³-hybridized carbons (Fsp3) is 0.382. The zero-order valence-electron chi connectivity index (χ0n) is 25.6. The van der Waals surface area contributed by atoms with Crippen LogP contribution in [0.15, 0.2) is 77.7 Å². The van der Waals surface area contributed by atoms with Gasteiger partial charge in [-0.1, -0.05) is 66.2 Å². The van der Waals surface area contributed by atoms with Crippen molar-refractivity contribution in [3.8, 4) is 5.75 Å². The summed E-state index contributed by atoms with van der Waals surface area (Å²) in [6, 6.07) is 22.1. The number of hydrogen-bond acceptors (Lipinski definition) is 8. The largest absolute Gasteiger partial charge is 0.491 e. The molecule has 0 N–H and O–H groups in total. The predicted octanol–water partition coefficient (Wildman–Crippen LogP) is 6.43. The summed E-state index contributed by atoms with van der Waals surface area (Å²) in [4.78, 5) is 12.5. The Labute approximate surface area is 255 Å². The zero-order valence-corrected chi connectivity index (χ0v) is 26.4. The molecule has 0 spiro atoms. The van der Waals surface area contributed by atoms with Crippen LogP contribution >= 0.6 is 0 Å². The van der Waals surface area contributed by atoms with E-state index in [0.29, 0.717) is 26.4 Å². The van der Waals surface area contributed by atoms with E-state index >= 15 is 0 Å². The number of hydrogen-bond donors (Lipinski definition) is 0. The molecule has 3 rings (SSSR count). The van der Waals surface area contributed by atoms with Gasteiger partial charge in [0, 0.05) is 0 Å². The van der Waals surface area contributed by atoms with Crippen molar-refractivity contribution in [3.63, 3.8) is 0 Å². The Morgan fingerprint density at radius 1 is 0.744 bits per heavy atom. The third-order valence-corrected chi connectivity index (χ3v) is 7.52. The number of aryl methyl sites for hydroxylation is 1. The van der Waals surface area contributed by atoms with E-state index in [-0.39, 0.29) is 30.0 Å². The lowest BCUT2D eigenvalue weighted by Crippen LogP contribution is -2.26. The maximum Gasteiger partial charge on any atom is 0.313 e. The summed E-state index contributed by atoms with van der Waals surface area (Å²) in [5, 5.41) is 0. The summed E-state index contributed by atoms with van der Waals surface area (Å²) in [6.07, 6.45) is 4.03. The molecule has 0 saturated carbocycles. The summed E-state index contributed by atoms with van der Waals surface area (Å²) < 4.78 is 51.3. The van der Waals surface area contributed by atoms with Crippen LogP contribution in [0.2, 0.25) is 0 Å². The van der Waals surface area contributed by atoms with Gasteiger partial charge in [-0.15, -0.1) is 0 Å². The number of carbonyl (C=O) groups excluding carboxylic acids is 1. The van der Waals surface area contributed by atoms with Crippen molar-refractivity contribution in [3.05, 3.63) is 95.1 Å². The van der Waals surface area contributed by atoms with Gasteiger partial charge in [-0.3, -0.25) is 8.98 Å². The fourth-order valence-corrected chi connectivity index (χ4v) is 4.70. The van der Waals surface area contributed by atoms with Crippen LogP contribution in [0.4, 0.5) is 0 Å². The minimum atomic E-state index is -3.78. The first-order valence-electron chi connectivity index (χ1n) is 14.3. The van der Waals surface area contributed by atoms with Crippen molar-refractivity contribution in [2.75, 3.05) is 39.6 Å². The van der Waals surface area contributed by atoms with E-state index in [4.69, 9.17) is 23.1 Å². The van der Waals surface area contributed by atoms with Crippen LogP contribution in [-0.4, -0.2) is 59.6 Å². The Bertz CT molecular complexity index is 1410. The highest BCUT2D eigenvalue weighted by molar-refractivity contribution is 7.86. The summed E-state index contributed by atoms with van der Waals surface area (Å²) in [7, 11) is -3.78. The third-order valence-electron chi connectivity index (χ3n) is 6.19. The highest BCUT2D eigenvalue weighted by Crippen LogP contribution is 2.22. The van der Waals surface area contributed by atoms with Gasteiger partial charge in [0.05, 0.1) is 43.8 Å². The smallest absolute Gasteiger partial charge is 0.313 e. The second-order valence-electron chi connectivity index (χ2n) is 11.0. The molecule has 0 aliphatic carbocycles. The molecule has 0 heterocycles. The minimum Gasteiger partial charge on any atom is -0.491 e. The summed E-state index contributed by atoms with van der Waals surface area (Å²) in [5.74, 6) is 0.183. The molecule has 0 saturated heterocycles. The van der Waals surface area contributed by atoms with E-state index in [1.807, 2.05) is 95.3 Å². The lowest BCUT2D eigenvalue weighted by Gasteiger charge is -2.22. The van der Waals surface area contributed by atoms with Crippen molar-refractivity contribution in [2.45, 2.75) is 51.0 Å². The quantitative estimate of drug-likeness (QED) is 0.0793. The molecule has 3 aromatic carbocycles. The number of benzene rings is 3. The van der Waals surface area contributed by atoms with E-state index in [2.05, 4.69) is 0 Å². The number of esters is 1. The fourth-order valence-electron chi connectivity index (χ4n) is 3.81. The highest BCUT2D eigenvalue weighted by Gasteiger charge is 2.22. The molecule has 0 aliphatic rings. The van der Waals surface area contributed by atoms with Gasteiger partial charge in [0.15, 0.2) is 0 Å². The summed E-state index contributed by atoms with van der Waals surface area (Å²) in [6.45, 7) is 10.9. The molecule has 0 radical (unpaired) electrons. The third kappa shape index (κ3) is 12.3. The van der Waals surface area contributed by atoms with Gasteiger partial charge in [0.1, 0.15) is 18.0 Å². The normalized spacial score (nSPS) is 12.8. The molecule has 232 valence electrons. The molecule has 0 amide bonds. The zero-order chi connectivity index (χ0) is 31.3. The molecule has 0 bridgehead atoms. The van der Waals surface area contributed by atoms with Crippen molar-refractivity contribution >= 4 is 28.2 Å². The van der Waals surface area contributed by atoms with Crippen LogP contribution in [0.1, 0.15) is 55.9 Å². The first-order valence-corrected chi connectivity index (χ1v) is 15.7. The first-order chi connectivity index (χ1) is 20.4. The second kappa shape index (κ2) is 16.4. The molecule has 3 aromatic rings. The molecule has 8 nitrogen and oxygen atoms in total. The average Bonchev–Trinajstić information content (AvgIpc) is 2.97. The lowest BCUT2D eigenvalue weighted by atomic mass is 9.99. The molecule has 0 fully saturated rings.